The van der Waals surface area contributed by atoms with Gasteiger partial charge in [0.2, 0.25) is 0 Å². The third-order valence-corrected chi connectivity index (χ3v) is 9.89. The Labute approximate surface area is 221 Å². The molecular formula is C29H41N3O4S. The maximum atomic E-state index is 13.2. The molecule has 4 rings (SSSR count). The van der Waals surface area contributed by atoms with Crippen LogP contribution in [0.5, 0.6) is 0 Å². The predicted octanol–water partition coefficient (Wildman–Crippen LogP) is 4.82. The number of amides is 1. The Kier molecular flexibility index (Phi) is 9.03. The minimum atomic E-state index is -3.35. The molecule has 1 aliphatic carbocycles. The summed E-state index contributed by atoms with van der Waals surface area (Å²) >= 11 is 0. The molecule has 1 amide bonds. The second kappa shape index (κ2) is 12.0. The van der Waals surface area contributed by atoms with Crippen LogP contribution >= 0.6 is 0 Å². The van der Waals surface area contributed by atoms with Crippen LogP contribution in [0.25, 0.3) is 0 Å². The molecule has 2 aromatic rings. The average molecular weight is 528 g/mol. The summed E-state index contributed by atoms with van der Waals surface area (Å²) in [5, 5.41) is 12.6. The average Bonchev–Trinajstić information content (AvgIpc) is 3.25. The lowest BCUT2D eigenvalue weighted by molar-refractivity contribution is 0.0928. The number of benzene rings is 1. The fourth-order valence-corrected chi connectivity index (χ4v) is 6.68. The Morgan fingerprint density at radius 2 is 1.92 bits per heavy atom. The summed E-state index contributed by atoms with van der Waals surface area (Å²) in [6, 6.07) is 9.01. The number of hydrogen-bond acceptors (Lipinski definition) is 6. The van der Waals surface area contributed by atoms with Crippen LogP contribution in [-0.2, 0) is 16.4 Å². The first-order valence-electron chi connectivity index (χ1n) is 13.7. The van der Waals surface area contributed by atoms with Crippen LogP contribution in [0.1, 0.15) is 98.6 Å². The zero-order valence-electron chi connectivity index (χ0n) is 22.3. The third kappa shape index (κ3) is 6.41. The van der Waals surface area contributed by atoms with Crippen molar-refractivity contribution in [1.82, 2.24) is 15.2 Å². The van der Waals surface area contributed by atoms with Crippen molar-refractivity contribution in [2.75, 3.05) is 18.9 Å². The monoisotopic (exact) mass is 527 g/mol. The number of pyridine rings is 1. The molecule has 0 bridgehead atoms. The fourth-order valence-electron chi connectivity index (χ4n) is 5.86. The van der Waals surface area contributed by atoms with E-state index in [1.807, 2.05) is 12.1 Å². The summed E-state index contributed by atoms with van der Waals surface area (Å²) in [6.45, 7) is 8.05. The molecule has 2 N–H and O–H groups in total. The SMILES string of the molecule is CC[C@@H]1c2ccc(C(=O)N[C@@H](CCO)c3ccc(S(=O)(=O)CC)cn3)cc2CN1C[C@H]1CC[C@H](C)CC1. The van der Waals surface area contributed by atoms with Crippen molar-refractivity contribution in [3.63, 3.8) is 0 Å². The van der Waals surface area contributed by atoms with Crippen molar-refractivity contribution in [3.05, 3.63) is 58.9 Å². The summed E-state index contributed by atoms with van der Waals surface area (Å²) in [5.74, 6) is 1.38. The molecule has 0 saturated heterocycles. The van der Waals surface area contributed by atoms with Crippen LogP contribution in [0, 0.1) is 11.8 Å². The molecule has 2 aliphatic rings. The van der Waals surface area contributed by atoms with Crippen molar-refractivity contribution in [2.45, 2.75) is 82.8 Å². The molecule has 1 fully saturated rings. The van der Waals surface area contributed by atoms with Crippen LogP contribution < -0.4 is 5.32 Å². The minimum absolute atomic E-state index is 0.000656. The summed E-state index contributed by atoms with van der Waals surface area (Å²) in [7, 11) is -3.35. The van der Waals surface area contributed by atoms with E-state index >= 15 is 0 Å². The number of aliphatic hydroxyl groups is 1. The lowest BCUT2D eigenvalue weighted by Gasteiger charge is -2.32. The second-order valence-corrected chi connectivity index (χ2v) is 13.0. The normalized spacial score (nSPS) is 23.0. The maximum absolute atomic E-state index is 13.2. The van der Waals surface area contributed by atoms with Crippen LogP contribution in [0.3, 0.4) is 0 Å². The smallest absolute Gasteiger partial charge is 0.251 e. The zero-order chi connectivity index (χ0) is 26.6. The standard InChI is InChI=1S/C29H41N3O4S/c1-4-28-25-12-10-22(16-23(25)19-32(28)18-21-8-6-20(3)7-9-21)29(34)31-27(14-15-33)26-13-11-24(17-30-26)37(35,36)5-2/h10-13,16-17,20-21,27-28,33H,4-9,14-15,18-19H2,1-3H3,(H,31,34)/t20-,21-,27-,28+/m0/s1. The number of sulfone groups is 1. The van der Waals surface area contributed by atoms with Crippen LogP contribution in [-0.4, -0.2) is 48.2 Å². The van der Waals surface area contributed by atoms with E-state index in [0.29, 0.717) is 17.3 Å². The van der Waals surface area contributed by atoms with Gasteiger partial charge in [0, 0.05) is 37.5 Å². The Bertz CT molecular complexity index is 1170. The number of nitrogens with zero attached hydrogens (tertiary/aromatic N) is 2. The first-order chi connectivity index (χ1) is 17.7. The van der Waals surface area contributed by atoms with E-state index in [4.69, 9.17) is 0 Å². The van der Waals surface area contributed by atoms with E-state index in [9.17, 15) is 18.3 Å². The number of carbonyl (C=O) groups is 1. The van der Waals surface area contributed by atoms with Crippen molar-refractivity contribution < 1.29 is 18.3 Å². The van der Waals surface area contributed by atoms with Gasteiger partial charge < -0.3 is 10.4 Å². The Balaban J connectivity index is 1.46. The quantitative estimate of drug-likeness (QED) is 0.460. The van der Waals surface area contributed by atoms with Gasteiger partial charge in [-0.25, -0.2) is 8.42 Å². The molecule has 0 spiro atoms. The second-order valence-electron chi connectivity index (χ2n) is 10.8. The number of hydrogen-bond donors (Lipinski definition) is 2. The van der Waals surface area contributed by atoms with Crippen molar-refractivity contribution in [2.24, 2.45) is 11.8 Å². The molecular weight excluding hydrogens is 486 g/mol. The molecule has 1 aliphatic heterocycles. The summed E-state index contributed by atoms with van der Waals surface area (Å²) in [6.07, 6.45) is 7.94. The first kappa shape index (κ1) is 27.7. The summed E-state index contributed by atoms with van der Waals surface area (Å²) in [5.41, 5.74) is 3.66. The highest BCUT2D eigenvalue weighted by Crippen LogP contribution is 2.39. The highest BCUT2D eigenvalue weighted by molar-refractivity contribution is 7.91. The fraction of sp³-hybridized carbons (Fsp3) is 0.586. The third-order valence-electron chi connectivity index (χ3n) is 8.17. The lowest BCUT2D eigenvalue weighted by Crippen LogP contribution is -2.30. The lowest BCUT2D eigenvalue weighted by atomic mass is 9.82. The van der Waals surface area contributed by atoms with E-state index in [1.165, 1.54) is 49.1 Å². The van der Waals surface area contributed by atoms with Gasteiger partial charge in [-0.3, -0.25) is 14.7 Å². The van der Waals surface area contributed by atoms with Gasteiger partial charge in [-0.15, -0.1) is 0 Å². The van der Waals surface area contributed by atoms with Gasteiger partial charge in [0.05, 0.1) is 22.4 Å². The minimum Gasteiger partial charge on any atom is -0.396 e. The van der Waals surface area contributed by atoms with Crippen molar-refractivity contribution in [3.8, 4) is 0 Å². The number of rotatable bonds is 10. The molecule has 1 aromatic heterocycles. The van der Waals surface area contributed by atoms with Crippen molar-refractivity contribution in [1.29, 1.82) is 0 Å². The summed E-state index contributed by atoms with van der Waals surface area (Å²) < 4.78 is 24.2. The molecule has 1 aromatic carbocycles. The summed E-state index contributed by atoms with van der Waals surface area (Å²) in [4.78, 5) is 20.3. The van der Waals surface area contributed by atoms with Crippen LogP contribution in [0.15, 0.2) is 41.4 Å². The Hall–Kier alpha value is -2.29. The highest BCUT2D eigenvalue weighted by Gasteiger charge is 2.32. The molecule has 7 nitrogen and oxygen atoms in total. The predicted molar refractivity (Wildman–Crippen MR) is 145 cm³/mol. The van der Waals surface area contributed by atoms with Gasteiger partial charge in [-0.1, -0.05) is 39.7 Å². The zero-order valence-corrected chi connectivity index (χ0v) is 23.1. The van der Waals surface area contributed by atoms with Gasteiger partial charge in [-0.2, -0.15) is 0 Å². The Morgan fingerprint density at radius 1 is 1.16 bits per heavy atom. The molecule has 2 heterocycles. The van der Waals surface area contributed by atoms with Gasteiger partial charge >= 0.3 is 0 Å². The van der Waals surface area contributed by atoms with E-state index in [1.54, 1.807) is 13.0 Å². The molecule has 202 valence electrons. The van der Waals surface area contributed by atoms with Crippen molar-refractivity contribution >= 4 is 15.7 Å². The maximum Gasteiger partial charge on any atom is 0.251 e. The van der Waals surface area contributed by atoms with Crippen LogP contribution in [0.4, 0.5) is 0 Å². The van der Waals surface area contributed by atoms with E-state index < -0.39 is 15.9 Å². The van der Waals surface area contributed by atoms with Crippen LogP contribution in [0.2, 0.25) is 0 Å². The van der Waals surface area contributed by atoms with E-state index in [0.717, 1.165) is 31.3 Å². The molecule has 0 unspecified atom stereocenters. The van der Waals surface area contributed by atoms with Gasteiger partial charge in [0.1, 0.15) is 0 Å². The molecule has 37 heavy (non-hydrogen) atoms. The number of carbonyl (C=O) groups excluding carboxylic acids is 1. The topological polar surface area (TPSA) is 99.6 Å². The van der Waals surface area contributed by atoms with E-state index in [-0.39, 0.29) is 29.6 Å². The van der Waals surface area contributed by atoms with Gasteiger partial charge in [0.15, 0.2) is 9.84 Å². The first-order valence-corrected chi connectivity index (χ1v) is 15.4. The largest absolute Gasteiger partial charge is 0.396 e. The highest BCUT2D eigenvalue weighted by atomic mass is 32.2. The molecule has 2 atom stereocenters. The number of aliphatic hydroxyl groups excluding tert-OH is 1. The number of aromatic nitrogens is 1. The van der Waals surface area contributed by atoms with Gasteiger partial charge in [0.25, 0.3) is 5.91 Å². The number of nitrogens with one attached hydrogen (secondary N) is 1. The molecule has 1 saturated carbocycles. The van der Waals surface area contributed by atoms with Gasteiger partial charge in [-0.05, 0) is 72.9 Å². The Morgan fingerprint density at radius 3 is 2.54 bits per heavy atom. The molecule has 0 radical (unpaired) electrons. The number of fused-ring (bicyclic) bond motifs is 1. The van der Waals surface area contributed by atoms with E-state index in [2.05, 4.69) is 35.1 Å². The molecule has 8 heteroatoms.